The molecule has 0 bridgehead atoms. The maximum absolute atomic E-state index is 12.9. The van der Waals surface area contributed by atoms with Crippen molar-refractivity contribution >= 4 is 23.5 Å². The molecule has 2 heterocycles. The van der Waals surface area contributed by atoms with E-state index in [9.17, 15) is 24.5 Å². The fraction of sp³-hybridized carbons (Fsp3) is 0.526. The van der Waals surface area contributed by atoms with Gasteiger partial charge in [-0.05, 0) is 42.9 Å². The zero-order valence-electron chi connectivity index (χ0n) is 16.2. The van der Waals surface area contributed by atoms with Gasteiger partial charge in [-0.1, -0.05) is 13.8 Å². The minimum atomic E-state index is -1.37. The average Bonchev–Trinajstić information content (AvgIpc) is 2.85. The van der Waals surface area contributed by atoms with Gasteiger partial charge in [0.25, 0.3) is 11.6 Å². The van der Waals surface area contributed by atoms with Crippen LogP contribution in [0.5, 0.6) is 0 Å². The Morgan fingerprint density at radius 3 is 2.32 bits per heavy atom. The number of nitro benzene ring substituents is 1. The lowest BCUT2D eigenvalue weighted by Crippen LogP contribution is -2.48. The Hall–Kier alpha value is -2.97. The van der Waals surface area contributed by atoms with Crippen LogP contribution in [0.25, 0.3) is 0 Å². The number of rotatable bonds is 4. The molecule has 0 aromatic heterocycles. The first-order valence-corrected chi connectivity index (χ1v) is 9.28. The molecule has 2 fully saturated rings. The number of likely N-dealkylation sites (tertiary alicyclic amines) is 1. The molecule has 3 atom stereocenters. The molecule has 2 aliphatic rings. The molecule has 1 aromatic rings. The maximum Gasteiger partial charge on any atom is 0.325 e. The first kappa shape index (κ1) is 19.8. The molecule has 1 N–H and O–H groups in total. The van der Waals surface area contributed by atoms with Gasteiger partial charge in [0.05, 0.1) is 4.92 Å². The highest BCUT2D eigenvalue weighted by Crippen LogP contribution is 2.30. The van der Waals surface area contributed by atoms with Crippen LogP contribution in [-0.4, -0.2) is 52.2 Å². The summed E-state index contributed by atoms with van der Waals surface area (Å²) < 4.78 is 0. The molecule has 0 aliphatic carbocycles. The van der Waals surface area contributed by atoms with E-state index in [1.54, 1.807) is 4.90 Å². The number of amides is 4. The van der Waals surface area contributed by atoms with Gasteiger partial charge in [-0.15, -0.1) is 0 Å². The molecule has 1 aromatic carbocycles. The lowest BCUT2D eigenvalue weighted by Gasteiger charge is -2.35. The van der Waals surface area contributed by atoms with Gasteiger partial charge in [0.2, 0.25) is 5.91 Å². The Kier molecular flexibility index (Phi) is 5.10. The first-order chi connectivity index (χ1) is 13.1. The van der Waals surface area contributed by atoms with Gasteiger partial charge < -0.3 is 10.2 Å². The average molecular weight is 388 g/mol. The van der Waals surface area contributed by atoms with Gasteiger partial charge in [-0.3, -0.25) is 24.6 Å². The molecule has 28 heavy (non-hydrogen) atoms. The lowest BCUT2D eigenvalue weighted by molar-refractivity contribution is -0.384. The normalized spacial score (nSPS) is 27.7. The second kappa shape index (κ2) is 7.21. The van der Waals surface area contributed by atoms with Gasteiger partial charge in [-0.25, -0.2) is 4.79 Å². The van der Waals surface area contributed by atoms with Crippen molar-refractivity contribution in [2.75, 3.05) is 19.6 Å². The van der Waals surface area contributed by atoms with E-state index < -0.39 is 22.4 Å². The van der Waals surface area contributed by atoms with Crippen LogP contribution >= 0.6 is 0 Å². The Balaban J connectivity index is 1.75. The Labute approximate surface area is 162 Å². The smallest absolute Gasteiger partial charge is 0.325 e. The molecule has 150 valence electrons. The molecular formula is C19H24N4O5. The standard InChI is InChI=1S/C19H24N4O5/c1-12-8-13(2)10-21(9-12)16(24)11-22-17(25)19(3,20-18(22)26)14-4-6-15(7-5-14)23(27)28/h4-7,12-13H,8-11H2,1-3H3,(H,20,26). The van der Waals surface area contributed by atoms with Gasteiger partial charge in [0, 0.05) is 25.2 Å². The van der Waals surface area contributed by atoms with Crippen LogP contribution in [-0.2, 0) is 15.1 Å². The van der Waals surface area contributed by atoms with Crippen molar-refractivity contribution in [1.82, 2.24) is 15.1 Å². The summed E-state index contributed by atoms with van der Waals surface area (Å²) in [4.78, 5) is 50.9. The largest absolute Gasteiger partial charge is 0.341 e. The molecule has 9 nitrogen and oxygen atoms in total. The number of benzene rings is 1. The van der Waals surface area contributed by atoms with Crippen LogP contribution in [0, 0.1) is 22.0 Å². The van der Waals surface area contributed by atoms with Crippen LogP contribution < -0.4 is 5.32 Å². The number of piperidine rings is 1. The van der Waals surface area contributed by atoms with Crippen molar-refractivity contribution in [1.29, 1.82) is 0 Å². The summed E-state index contributed by atoms with van der Waals surface area (Å²) in [6.45, 7) is 6.61. The molecule has 9 heteroatoms. The minimum Gasteiger partial charge on any atom is -0.341 e. The van der Waals surface area contributed by atoms with E-state index in [2.05, 4.69) is 19.2 Å². The third-order valence-corrected chi connectivity index (χ3v) is 5.45. The fourth-order valence-corrected chi connectivity index (χ4v) is 4.05. The number of non-ortho nitro benzene ring substituents is 1. The SMILES string of the molecule is CC1CC(C)CN(C(=O)CN2C(=O)NC(C)(c3ccc([N+](=O)[O-])cc3)C2=O)C1. The third-order valence-electron chi connectivity index (χ3n) is 5.45. The van der Waals surface area contributed by atoms with Gasteiger partial charge in [0.15, 0.2) is 0 Å². The summed E-state index contributed by atoms with van der Waals surface area (Å²) in [7, 11) is 0. The molecule has 0 saturated carbocycles. The number of imide groups is 1. The van der Waals surface area contributed by atoms with Crippen LogP contribution in [0.1, 0.15) is 32.8 Å². The molecule has 2 aliphatic heterocycles. The van der Waals surface area contributed by atoms with Crippen molar-refractivity contribution in [2.45, 2.75) is 32.7 Å². The van der Waals surface area contributed by atoms with Crippen molar-refractivity contribution in [3.63, 3.8) is 0 Å². The Morgan fingerprint density at radius 2 is 1.79 bits per heavy atom. The van der Waals surface area contributed by atoms with Gasteiger partial charge >= 0.3 is 6.03 Å². The van der Waals surface area contributed by atoms with Crippen LogP contribution in [0.15, 0.2) is 24.3 Å². The molecule has 4 amide bonds. The molecule has 0 spiro atoms. The zero-order valence-corrected chi connectivity index (χ0v) is 16.2. The number of nitrogens with zero attached hydrogens (tertiary/aromatic N) is 3. The molecule has 3 unspecified atom stereocenters. The second-order valence-corrected chi connectivity index (χ2v) is 8.00. The lowest BCUT2D eigenvalue weighted by atomic mass is 9.91. The zero-order chi connectivity index (χ0) is 20.6. The van der Waals surface area contributed by atoms with Gasteiger partial charge in [0.1, 0.15) is 12.1 Å². The second-order valence-electron chi connectivity index (χ2n) is 8.00. The van der Waals surface area contributed by atoms with E-state index in [0.717, 1.165) is 11.3 Å². The molecular weight excluding hydrogens is 364 g/mol. The van der Waals surface area contributed by atoms with Crippen molar-refractivity contribution < 1.29 is 19.3 Å². The molecule has 0 radical (unpaired) electrons. The number of nitrogens with one attached hydrogen (secondary N) is 1. The van der Waals surface area contributed by atoms with E-state index >= 15 is 0 Å². The summed E-state index contributed by atoms with van der Waals surface area (Å²) in [5.74, 6) is -0.0463. The van der Waals surface area contributed by atoms with E-state index in [1.807, 2.05) is 0 Å². The van der Waals surface area contributed by atoms with E-state index in [0.29, 0.717) is 30.5 Å². The third kappa shape index (κ3) is 3.56. The predicted molar refractivity (Wildman–Crippen MR) is 100 cm³/mol. The highest BCUT2D eigenvalue weighted by molar-refractivity contribution is 6.09. The monoisotopic (exact) mass is 388 g/mol. The summed E-state index contributed by atoms with van der Waals surface area (Å²) in [6.07, 6.45) is 1.05. The fourth-order valence-electron chi connectivity index (χ4n) is 4.05. The minimum absolute atomic E-state index is 0.107. The first-order valence-electron chi connectivity index (χ1n) is 9.28. The summed E-state index contributed by atoms with van der Waals surface area (Å²) in [5, 5.41) is 13.4. The highest BCUT2D eigenvalue weighted by Gasteiger charge is 2.50. The topological polar surface area (TPSA) is 113 Å². The molecule has 2 saturated heterocycles. The van der Waals surface area contributed by atoms with Crippen LogP contribution in [0.2, 0.25) is 0 Å². The maximum atomic E-state index is 12.9. The van der Waals surface area contributed by atoms with Crippen molar-refractivity contribution in [3.8, 4) is 0 Å². The Morgan fingerprint density at radius 1 is 1.21 bits per heavy atom. The van der Waals surface area contributed by atoms with Gasteiger partial charge in [-0.2, -0.15) is 0 Å². The van der Waals surface area contributed by atoms with E-state index in [1.165, 1.54) is 31.2 Å². The number of nitro groups is 1. The van der Waals surface area contributed by atoms with Crippen molar-refractivity contribution in [3.05, 3.63) is 39.9 Å². The van der Waals surface area contributed by atoms with Crippen molar-refractivity contribution in [2.24, 2.45) is 11.8 Å². The summed E-state index contributed by atoms with van der Waals surface area (Å²) in [6, 6.07) is 4.80. The van der Waals surface area contributed by atoms with E-state index in [-0.39, 0.29) is 18.1 Å². The number of hydrogen-bond acceptors (Lipinski definition) is 5. The summed E-state index contributed by atoms with van der Waals surface area (Å²) >= 11 is 0. The number of carbonyl (C=O) groups excluding carboxylic acids is 3. The summed E-state index contributed by atoms with van der Waals surface area (Å²) in [5.41, 5.74) is -1.05. The van der Waals surface area contributed by atoms with Crippen LogP contribution in [0.3, 0.4) is 0 Å². The predicted octanol–water partition coefficient (Wildman–Crippen LogP) is 1.87. The number of urea groups is 1. The number of carbonyl (C=O) groups is 3. The Bertz CT molecular complexity index is 814. The van der Waals surface area contributed by atoms with Crippen LogP contribution in [0.4, 0.5) is 10.5 Å². The number of hydrogen-bond donors (Lipinski definition) is 1. The highest BCUT2D eigenvalue weighted by atomic mass is 16.6. The quantitative estimate of drug-likeness (QED) is 0.481. The van der Waals surface area contributed by atoms with E-state index in [4.69, 9.17) is 0 Å². The molecule has 3 rings (SSSR count).